The van der Waals surface area contributed by atoms with Crippen LogP contribution in [0.1, 0.15) is 21.6 Å². The summed E-state index contributed by atoms with van der Waals surface area (Å²) in [5.41, 5.74) is 1.96. The van der Waals surface area contributed by atoms with Gasteiger partial charge in [0.05, 0.1) is 34.1 Å². The highest BCUT2D eigenvalue weighted by Gasteiger charge is 2.15. The molecule has 4 N–H and O–H groups in total. The summed E-state index contributed by atoms with van der Waals surface area (Å²) in [6.45, 7) is 3.40. The fourth-order valence-corrected chi connectivity index (χ4v) is 3.44. The van der Waals surface area contributed by atoms with Crippen LogP contribution >= 0.6 is 0 Å². The van der Waals surface area contributed by atoms with Crippen molar-refractivity contribution in [2.75, 3.05) is 11.9 Å². The van der Waals surface area contributed by atoms with Gasteiger partial charge in [-0.2, -0.15) is 0 Å². The second-order valence-corrected chi connectivity index (χ2v) is 7.20. The van der Waals surface area contributed by atoms with Crippen molar-refractivity contribution < 1.29 is 9.59 Å². The maximum absolute atomic E-state index is 12.8. The summed E-state index contributed by atoms with van der Waals surface area (Å²) in [7, 11) is 0. The Kier molecular flexibility index (Phi) is 5.08. The molecule has 9 nitrogen and oxygen atoms in total. The average molecular weight is 417 g/mol. The minimum atomic E-state index is -0.538. The van der Waals surface area contributed by atoms with Crippen molar-refractivity contribution in [1.82, 2.24) is 20.5 Å². The zero-order valence-corrected chi connectivity index (χ0v) is 16.8. The fraction of sp³-hybridized carbons (Fsp3) is 0.136. The Morgan fingerprint density at radius 1 is 0.968 bits per heavy atom. The number of H-pyrrole nitrogens is 2. The molecular weight excluding hydrogens is 398 g/mol. The first-order valence-corrected chi connectivity index (χ1v) is 9.53. The molecular formula is C22H19N5O4. The molecule has 2 heterocycles. The molecule has 0 atom stereocenters. The van der Waals surface area contributed by atoms with Gasteiger partial charge in [-0.1, -0.05) is 17.7 Å². The van der Waals surface area contributed by atoms with Gasteiger partial charge in [0.15, 0.2) is 0 Å². The van der Waals surface area contributed by atoms with Crippen LogP contribution in [0.2, 0.25) is 0 Å². The number of anilines is 1. The lowest BCUT2D eigenvalue weighted by Gasteiger charge is -2.11. The van der Waals surface area contributed by atoms with E-state index in [4.69, 9.17) is 0 Å². The number of nitrogens with one attached hydrogen (secondary N) is 4. The van der Waals surface area contributed by atoms with Gasteiger partial charge < -0.3 is 10.6 Å². The molecule has 156 valence electrons. The first-order valence-electron chi connectivity index (χ1n) is 9.53. The molecule has 0 unspecified atom stereocenters. The highest BCUT2D eigenvalue weighted by Crippen LogP contribution is 2.20. The lowest BCUT2D eigenvalue weighted by molar-refractivity contribution is -0.115. The van der Waals surface area contributed by atoms with Crippen LogP contribution in [0.3, 0.4) is 0 Å². The number of carbonyl (C=O) groups excluding carboxylic acids is 2. The molecule has 0 aliphatic carbocycles. The van der Waals surface area contributed by atoms with Gasteiger partial charge >= 0.3 is 0 Å². The molecule has 0 saturated heterocycles. The van der Waals surface area contributed by atoms with Crippen molar-refractivity contribution in [3.63, 3.8) is 0 Å². The predicted molar refractivity (Wildman–Crippen MR) is 117 cm³/mol. The smallest absolute Gasteiger partial charge is 0.272 e. The van der Waals surface area contributed by atoms with Crippen LogP contribution in [0.4, 0.5) is 5.69 Å². The molecule has 2 aromatic heterocycles. The van der Waals surface area contributed by atoms with E-state index >= 15 is 0 Å². The zero-order chi connectivity index (χ0) is 22.1. The van der Waals surface area contributed by atoms with Gasteiger partial charge in [-0.05, 0) is 44.2 Å². The molecule has 9 heteroatoms. The first kappa shape index (κ1) is 20.0. The number of hydrogen-bond donors (Lipinski definition) is 4. The Morgan fingerprint density at radius 3 is 2.55 bits per heavy atom. The maximum atomic E-state index is 12.8. The topological polar surface area (TPSA) is 137 Å². The summed E-state index contributed by atoms with van der Waals surface area (Å²) in [6.07, 6.45) is 0. The molecule has 0 fully saturated rings. The van der Waals surface area contributed by atoms with E-state index in [1.807, 2.05) is 25.1 Å². The van der Waals surface area contributed by atoms with Crippen molar-refractivity contribution in [2.45, 2.75) is 13.8 Å². The molecule has 0 radical (unpaired) electrons. The van der Waals surface area contributed by atoms with Crippen molar-refractivity contribution in [3.05, 3.63) is 80.0 Å². The van der Waals surface area contributed by atoms with E-state index in [2.05, 4.69) is 25.8 Å². The standard InChI is InChI=1S/C22H19N5O4/c1-11-6-7-16-14(8-11)15(9-12(2)24-16)20(29)23-10-18(28)25-17-5-3-4-13-19(17)22(31)27-26-21(13)30/h3-9H,10H2,1-2H3,(H,23,29)(H,25,28)(H,26,30)(H,27,31). The van der Waals surface area contributed by atoms with Crippen molar-refractivity contribution in [3.8, 4) is 0 Å². The third-order valence-electron chi connectivity index (χ3n) is 4.85. The van der Waals surface area contributed by atoms with E-state index < -0.39 is 22.9 Å². The van der Waals surface area contributed by atoms with Gasteiger partial charge in [0, 0.05) is 11.1 Å². The summed E-state index contributed by atoms with van der Waals surface area (Å²) in [4.78, 5) is 53.7. The number of pyridine rings is 1. The van der Waals surface area contributed by atoms with E-state index in [0.717, 1.165) is 5.56 Å². The quantitative estimate of drug-likeness (QED) is 0.401. The van der Waals surface area contributed by atoms with E-state index in [-0.39, 0.29) is 23.0 Å². The summed E-state index contributed by atoms with van der Waals surface area (Å²) in [5, 5.41) is 10.6. The molecule has 2 aromatic carbocycles. The van der Waals surface area contributed by atoms with E-state index in [9.17, 15) is 19.2 Å². The number of fused-ring (bicyclic) bond motifs is 2. The van der Waals surface area contributed by atoms with Crippen molar-refractivity contribution in [1.29, 1.82) is 0 Å². The number of nitrogens with zero attached hydrogens (tertiary/aromatic N) is 1. The molecule has 2 amide bonds. The molecule has 0 aliphatic heterocycles. The molecule has 0 saturated carbocycles. The van der Waals surface area contributed by atoms with Gasteiger partial charge in [0.1, 0.15) is 0 Å². The molecule has 31 heavy (non-hydrogen) atoms. The third-order valence-corrected chi connectivity index (χ3v) is 4.85. The van der Waals surface area contributed by atoms with Gasteiger partial charge in [0.25, 0.3) is 17.0 Å². The fourth-order valence-electron chi connectivity index (χ4n) is 3.44. The average Bonchev–Trinajstić information content (AvgIpc) is 2.74. The minimum Gasteiger partial charge on any atom is -0.343 e. The van der Waals surface area contributed by atoms with Crippen LogP contribution in [0, 0.1) is 13.8 Å². The SMILES string of the molecule is Cc1ccc2nc(C)cc(C(=O)NCC(=O)Nc3cccc4c(=O)[nH][nH]c(=O)c34)c2c1. The summed E-state index contributed by atoms with van der Waals surface area (Å²) >= 11 is 0. The maximum Gasteiger partial charge on any atom is 0.272 e. The Bertz CT molecular complexity index is 1470. The number of aromatic nitrogens is 3. The molecule has 4 rings (SSSR count). The Balaban J connectivity index is 1.55. The Hall–Kier alpha value is -4.27. The van der Waals surface area contributed by atoms with Crippen molar-refractivity contribution >= 4 is 39.2 Å². The molecule has 0 aliphatic rings. The second-order valence-electron chi connectivity index (χ2n) is 7.20. The first-order chi connectivity index (χ1) is 14.8. The Labute approximate surface area is 175 Å². The van der Waals surface area contributed by atoms with Gasteiger partial charge in [-0.25, -0.2) is 0 Å². The lowest BCUT2D eigenvalue weighted by Crippen LogP contribution is -2.33. The Morgan fingerprint density at radius 2 is 1.74 bits per heavy atom. The number of rotatable bonds is 4. The molecule has 0 bridgehead atoms. The van der Waals surface area contributed by atoms with E-state index in [1.165, 1.54) is 12.1 Å². The van der Waals surface area contributed by atoms with Crippen LogP contribution in [-0.4, -0.2) is 33.5 Å². The van der Waals surface area contributed by atoms with Gasteiger partial charge in [-0.15, -0.1) is 0 Å². The minimum absolute atomic E-state index is 0.0668. The van der Waals surface area contributed by atoms with Gasteiger partial charge in [-0.3, -0.25) is 34.4 Å². The second kappa shape index (κ2) is 7.86. The highest BCUT2D eigenvalue weighted by atomic mass is 16.2. The van der Waals surface area contributed by atoms with Crippen LogP contribution in [0.15, 0.2) is 52.1 Å². The summed E-state index contributed by atoms with van der Waals surface area (Å²) in [5.74, 6) is -0.949. The monoisotopic (exact) mass is 417 g/mol. The summed E-state index contributed by atoms with van der Waals surface area (Å²) in [6, 6.07) is 11.9. The normalized spacial score (nSPS) is 10.9. The number of benzene rings is 2. The van der Waals surface area contributed by atoms with E-state index in [0.29, 0.717) is 22.2 Å². The molecule has 4 aromatic rings. The predicted octanol–water partition coefficient (Wildman–Crippen LogP) is 1.75. The number of carbonyl (C=O) groups is 2. The van der Waals surface area contributed by atoms with Crippen LogP contribution < -0.4 is 21.8 Å². The van der Waals surface area contributed by atoms with Crippen LogP contribution in [0.25, 0.3) is 21.7 Å². The number of hydrogen-bond acceptors (Lipinski definition) is 5. The van der Waals surface area contributed by atoms with Crippen LogP contribution in [-0.2, 0) is 4.79 Å². The number of amides is 2. The number of aryl methyl sites for hydroxylation is 2. The van der Waals surface area contributed by atoms with Crippen molar-refractivity contribution in [2.24, 2.45) is 0 Å². The lowest BCUT2D eigenvalue weighted by atomic mass is 10.0. The van der Waals surface area contributed by atoms with Gasteiger partial charge in [0.2, 0.25) is 5.91 Å². The highest BCUT2D eigenvalue weighted by molar-refractivity contribution is 6.08. The largest absolute Gasteiger partial charge is 0.343 e. The van der Waals surface area contributed by atoms with E-state index in [1.54, 1.807) is 19.1 Å². The summed E-state index contributed by atoms with van der Waals surface area (Å²) < 4.78 is 0. The number of aromatic amines is 2. The van der Waals surface area contributed by atoms with Crippen LogP contribution in [0.5, 0.6) is 0 Å². The third kappa shape index (κ3) is 3.93. The zero-order valence-electron chi connectivity index (χ0n) is 16.8. The molecule has 0 spiro atoms.